The molecule has 1 unspecified atom stereocenters. The van der Waals surface area contributed by atoms with Crippen LogP contribution in [-0.2, 0) is 17.8 Å². The molecule has 4 rings (SSSR count). The molecule has 30 heavy (non-hydrogen) atoms. The Balaban J connectivity index is 0.00000160. The van der Waals surface area contributed by atoms with E-state index in [0.29, 0.717) is 6.54 Å². The highest BCUT2D eigenvalue weighted by molar-refractivity contribution is 5.85. The van der Waals surface area contributed by atoms with Crippen LogP contribution < -0.4 is 10.5 Å². The summed E-state index contributed by atoms with van der Waals surface area (Å²) in [6.07, 6.45) is 1.99. The van der Waals surface area contributed by atoms with Crippen molar-refractivity contribution in [3.05, 3.63) is 29.3 Å². The van der Waals surface area contributed by atoms with E-state index in [9.17, 15) is 4.79 Å². The number of nitrogens with zero attached hydrogens (tertiary/aromatic N) is 3. The number of hydrogen-bond donors (Lipinski definition) is 1. The van der Waals surface area contributed by atoms with Gasteiger partial charge in [0.2, 0.25) is 5.91 Å². The number of amides is 1. The summed E-state index contributed by atoms with van der Waals surface area (Å²) in [7, 11) is 0. The molecule has 0 radical (unpaired) electrons. The Kier molecular flexibility index (Phi) is 8.83. The third-order valence-corrected chi connectivity index (χ3v) is 6.64. The number of rotatable bonds is 4. The van der Waals surface area contributed by atoms with E-state index in [-0.39, 0.29) is 42.2 Å². The standard InChI is InChI=1S/C22H34N4O2.2ClH/c1-22(2)16-25(7-5-20(22)23)15-21(27)26-10-8-24(9-11-26)14-17-3-4-19-18(13-17)6-12-28-19;;/h3-4,13,20H,5-12,14-16,23H2,1-2H3;2*1H. The van der Waals surface area contributed by atoms with Crippen molar-refractivity contribution in [2.45, 2.75) is 39.3 Å². The molecular weight excluding hydrogens is 423 g/mol. The smallest absolute Gasteiger partial charge is 0.236 e. The lowest BCUT2D eigenvalue weighted by atomic mass is 9.80. The zero-order chi connectivity index (χ0) is 19.7. The van der Waals surface area contributed by atoms with Gasteiger partial charge in [0.15, 0.2) is 0 Å². The van der Waals surface area contributed by atoms with Crippen LogP contribution in [0.2, 0.25) is 0 Å². The minimum atomic E-state index is 0. The maximum Gasteiger partial charge on any atom is 0.236 e. The van der Waals surface area contributed by atoms with Crippen LogP contribution in [0.3, 0.4) is 0 Å². The van der Waals surface area contributed by atoms with Gasteiger partial charge in [-0.1, -0.05) is 26.0 Å². The van der Waals surface area contributed by atoms with E-state index < -0.39 is 0 Å². The number of halogens is 2. The fraction of sp³-hybridized carbons (Fsp3) is 0.682. The number of likely N-dealkylation sites (tertiary alicyclic amines) is 1. The van der Waals surface area contributed by atoms with Crippen molar-refractivity contribution in [2.75, 3.05) is 52.4 Å². The van der Waals surface area contributed by atoms with Gasteiger partial charge in [-0.3, -0.25) is 14.6 Å². The lowest BCUT2D eigenvalue weighted by molar-refractivity contribution is -0.135. The zero-order valence-corrected chi connectivity index (χ0v) is 19.8. The van der Waals surface area contributed by atoms with E-state index >= 15 is 0 Å². The first-order chi connectivity index (χ1) is 13.4. The Morgan fingerprint density at radius 2 is 1.87 bits per heavy atom. The van der Waals surface area contributed by atoms with Crippen LogP contribution in [0.5, 0.6) is 5.75 Å². The molecule has 8 heteroatoms. The van der Waals surface area contributed by atoms with Crippen LogP contribution in [-0.4, -0.2) is 79.1 Å². The molecule has 0 aliphatic carbocycles. The maximum atomic E-state index is 12.8. The SMILES string of the molecule is CC1(C)CN(CC(=O)N2CCN(Cc3ccc4c(c3)CCO4)CC2)CCC1N.Cl.Cl. The van der Waals surface area contributed by atoms with Gasteiger partial charge in [0.25, 0.3) is 0 Å². The molecule has 1 aromatic rings. The molecule has 6 nitrogen and oxygen atoms in total. The first kappa shape index (κ1) is 25.2. The Bertz CT molecular complexity index is 723. The van der Waals surface area contributed by atoms with E-state index in [0.717, 1.165) is 71.0 Å². The van der Waals surface area contributed by atoms with Crippen LogP contribution >= 0.6 is 24.8 Å². The van der Waals surface area contributed by atoms with Crippen LogP contribution in [0.1, 0.15) is 31.4 Å². The molecule has 2 fully saturated rings. The topological polar surface area (TPSA) is 62.0 Å². The summed E-state index contributed by atoms with van der Waals surface area (Å²) in [6, 6.07) is 6.78. The average Bonchev–Trinajstić information content (AvgIpc) is 3.13. The van der Waals surface area contributed by atoms with E-state index in [1.165, 1.54) is 11.1 Å². The fourth-order valence-corrected chi connectivity index (χ4v) is 4.66. The second kappa shape index (κ2) is 10.5. The molecular formula is C22H36Cl2N4O2. The molecule has 0 saturated carbocycles. The summed E-state index contributed by atoms with van der Waals surface area (Å²) in [5.74, 6) is 1.31. The van der Waals surface area contributed by atoms with Gasteiger partial charge < -0.3 is 15.4 Å². The zero-order valence-electron chi connectivity index (χ0n) is 18.1. The van der Waals surface area contributed by atoms with Gasteiger partial charge >= 0.3 is 0 Å². The molecule has 2 saturated heterocycles. The highest BCUT2D eigenvalue weighted by Gasteiger charge is 2.34. The maximum absolute atomic E-state index is 12.8. The molecule has 3 aliphatic rings. The van der Waals surface area contributed by atoms with Gasteiger partial charge in [-0.2, -0.15) is 0 Å². The molecule has 1 atom stereocenters. The predicted octanol–water partition coefficient (Wildman–Crippen LogP) is 2.17. The van der Waals surface area contributed by atoms with Gasteiger partial charge in [-0.25, -0.2) is 0 Å². The minimum absolute atomic E-state index is 0. The number of piperidine rings is 1. The first-order valence-electron chi connectivity index (χ1n) is 10.6. The largest absolute Gasteiger partial charge is 0.493 e. The lowest BCUT2D eigenvalue weighted by Crippen LogP contribution is -2.56. The molecule has 0 aromatic heterocycles. The summed E-state index contributed by atoms with van der Waals surface area (Å²) in [5.41, 5.74) is 8.98. The van der Waals surface area contributed by atoms with Gasteiger partial charge in [0.05, 0.1) is 13.2 Å². The van der Waals surface area contributed by atoms with Crippen molar-refractivity contribution >= 4 is 30.7 Å². The number of benzene rings is 1. The lowest BCUT2D eigenvalue weighted by Gasteiger charge is -2.43. The van der Waals surface area contributed by atoms with E-state index in [1.807, 2.05) is 4.90 Å². The van der Waals surface area contributed by atoms with Crippen LogP contribution in [0.25, 0.3) is 0 Å². The molecule has 3 heterocycles. The summed E-state index contributed by atoms with van der Waals surface area (Å²) >= 11 is 0. The summed E-state index contributed by atoms with van der Waals surface area (Å²) < 4.78 is 5.60. The predicted molar refractivity (Wildman–Crippen MR) is 125 cm³/mol. The molecule has 2 N–H and O–H groups in total. The summed E-state index contributed by atoms with van der Waals surface area (Å²) in [5, 5.41) is 0. The Hall–Kier alpha value is -1.05. The van der Waals surface area contributed by atoms with Crippen molar-refractivity contribution in [3.8, 4) is 5.75 Å². The average molecular weight is 459 g/mol. The molecule has 0 spiro atoms. The summed E-state index contributed by atoms with van der Waals surface area (Å²) in [6.45, 7) is 12.1. The van der Waals surface area contributed by atoms with Gasteiger partial charge in [-0.05, 0) is 29.0 Å². The van der Waals surface area contributed by atoms with Crippen LogP contribution in [0.4, 0.5) is 0 Å². The first-order valence-corrected chi connectivity index (χ1v) is 10.6. The number of nitrogens with two attached hydrogens (primary N) is 1. The molecule has 0 bridgehead atoms. The number of ether oxygens (including phenoxy) is 1. The van der Waals surface area contributed by atoms with E-state index in [2.05, 4.69) is 41.8 Å². The van der Waals surface area contributed by atoms with Crippen LogP contribution in [0.15, 0.2) is 18.2 Å². The fourth-order valence-electron chi connectivity index (χ4n) is 4.66. The van der Waals surface area contributed by atoms with E-state index in [4.69, 9.17) is 10.5 Å². The van der Waals surface area contributed by atoms with Crippen molar-refractivity contribution < 1.29 is 9.53 Å². The number of hydrogen-bond acceptors (Lipinski definition) is 5. The summed E-state index contributed by atoms with van der Waals surface area (Å²) in [4.78, 5) is 19.5. The molecule has 1 aromatic carbocycles. The quantitative estimate of drug-likeness (QED) is 0.748. The highest BCUT2D eigenvalue weighted by atomic mass is 35.5. The Labute approximate surface area is 192 Å². The molecule has 1 amide bonds. The van der Waals surface area contributed by atoms with Crippen molar-refractivity contribution in [1.82, 2.24) is 14.7 Å². The van der Waals surface area contributed by atoms with Crippen molar-refractivity contribution in [2.24, 2.45) is 11.1 Å². The van der Waals surface area contributed by atoms with E-state index in [1.54, 1.807) is 0 Å². The highest BCUT2D eigenvalue weighted by Crippen LogP contribution is 2.28. The van der Waals surface area contributed by atoms with Crippen LogP contribution in [0, 0.1) is 5.41 Å². The molecule has 3 aliphatic heterocycles. The van der Waals surface area contributed by atoms with Crippen molar-refractivity contribution in [1.29, 1.82) is 0 Å². The second-order valence-electron chi connectivity index (χ2n) is 9.29. The number of fused-ring (bicyclic) bond motifs is 1. The van der Waals surface area contributed by atoms with Gasteiger partial charge in [0, 0.05) is 58.3 Å². The Morgan fingerprint density at radius 1 is 1.13 bits per heavy atom. The monoisotopic (exact) mass is 458 g/mol. The van der Waals surface area contributed by atoms with Crippen molar-refractivity contribution in [3.63, 3.8) is 0 Å². The van der Waals surface area contributed by atoms with Gasteiger partial charge in [0.1, 0.15) is 5.75 Å². The van der Waals surface area contributed by atoms with Gasteiger partial charge in [-0.15, -0.1) is 24.8 Å². The number of carbonyl (C=O) groups is 1. The number of piperazine rings is 1. The normalized spacial score (nSPS) is 23.7. The Morgan fingerprint density at radius 3 is 2.57 bits per heavy atom. The number of carbonyl (C=O) groups excluding carboxylic acids is 1. The third-order valence-electron chi connectivity index (χ3n) is 6.64. The second-order valence-corrected chi connectivity index (χ2v) is 9.29. The third kappa shape index (κ3) is 5.80. The molecule has 170 valence electrons. The minimum Gasteiger partial charge on any atom is -0.493 e.